The Bertz CT molecular complexity index is 905. The lowest BCUT2D eigenvalue weighted by Gasteiger charge is -2.14. The first-order valence-electron chi connectivity index (χ1n) is 9.62. The number of nitrogens with zero attached hydrogens (tertiary/aromatic N) is 2. The summed E-state index contributed by atoms with van der Waals surface area (Å²) in [5.41, 5.74) is 4.01. The SMILES string of the molecule is Cc1nn(CC(C)C)c(Cl)c1C(=O)O[C@H](C)C(=O)Nc1ccc2c(c1)CCC2. The highest BCUT2D eigenvalue weighted by atomic mass is 35.5. The van der Waals surface area contributed by atoms with Crippen molar-refractivity contribution >= 4 is 29.2 Å². The number of aromatic nitrogens is 2. The van der Waals surface area contributed by atoms with Crippen molar-refractivity contribution in [2.75, 3.05) is 5.32 Å². The third-order valence-corrected chi connectivity index (χ3v) is 5.21. The van der Waals surface area contributed by atoms with E-state index < -0.39 is 12.1 Å². The Morgan fingerprint density at radius 1 is 1.25 bits per heavy atom. The third kappa shape index (κ3) is 4.38. The highest BCUT2D eigenvalue weighted by molar-refractivity contribution is 6.32. The molecule has 0 unspecified atom stereocenters. The zero-order valence-electron chi connectivity index (χ0n) is 16.7. The predicted molar refractivity (Wildman–Crippen MR) is 109 cm³/mol. The molecule has 2 aromatic rings. The number of carbonyl (C=O) groups excluding carboxylic acids is 2. The molecular weight excluding hydrogens is 378 g/mol. The lowest BCUT2D eigenvalue weighted by molar-refractivity contribution is -0.123. The van der Waals surface area contributed by atoms with Gasteiger partial charge in [-0.15, -0.1) is 0 Å². The van der Waals surface area contributed by atoms with Crippen LogP contribution in [0, 0.1) is 12.8 Å². The van der Waals surface area contributed by atoms with Crippen LogP contribution in [0.5, 0.6) is 0 Å². The monoisotopic (exact) mass is 403 g/mol. The standard InChI is InChI=1S/C21H26ClN3O3/c1-12(2)11-25-19(22)18(13(3)24-25)21(27)28-14(4)20(26)23-17-9-8-15-6-5-7-16(15)10-17/h8-10,12,14H,5-7,11H2,1-4H3,(H,23,26)/t14-/m1/s1. The number of aryl methyl sites for hydroxylation is 3. The quantitative estimate of drug-likeness (QED) is 0.734. The van der Waals surface area contributed by atoms with E-state index >= 15 is 0 Å². The molecule has 150 valence electrons. The van der Waals surface area contributed by atoms with E-state index in [0.717, 1.165) is 19.3 Å². The fraction of sp³-hybridized carbons (Fsp3) is 0.476. The second kappa shape index (κ2) is 8.35. The molecule has 1 aromatic heterocycles. The van der Waals surface area contributed by atoms with Crippen LogP contribution in [0.15, 0.2) is 18.2 Å². The number of esters is 1. The number of benzene rings is 1. The van der Waals surface area contributed by atoms with Gasteiger partial charge < -0.3 is 10.1 Å². The minimum Gasteiger partial charge on any atom is -0.449 e. The van der Waals surface area contributed by atoms with Crippen molar-refractivity contribution in [2.45, 2.75) is 59.6 Å². The molecule has 0 bridgehead atoms. The molecule has 1 aliphatic carbocycles. The second-order valence-corrected chi connectivity index (χ2v) is 8.06. The van der Waals surface area contributed by atoms with E-state index in [0.29, 0.717) is 23.8 Å². The van der Waals surface area contributed by atoms with Crippen LogP contribution < -0.4 is 5.32 Å². The summed E-state index contributed by atoms with van der Waals surface area (Å²) in [6, 6.07) is 5.92. The highest BCUT2D eigenvalue weighted by Crippen LogP contribution is 2.25. The first-order valence-corrected chi connectivity index (χ1v) is 10.0. The van der Waals surface area contributed by atoms with Crippen molar-refractivity contribution in [3.8, 4) is 0 Å². The number of rotatable bonds is 6. The van der Waals surface area contributed by atoms with Gasteiger partial charge in [-0.3, -0.25) is 9.48 Å². The minimum absolute atomic E-state index is 0.208. The molecule has 0 saturated heterocycles. The number of ether oxygens (including phenoxy) is 1. The lowest BCUT2D eigenvalue weighted by atomic mass is 10.1. The Morgan fingerprint density at radius 2 is 1.96 bits per heavy atom. The van der Waals surface area contributed by atoms with Crippen LogP contribution >= 0.6 is 11.6 Å². The normalized spacial score (nSPS) is 14.1. The van der Waals surface area contributed by atoms with Gasteiger partial charge in [-0.05, 0) is 62.3 Å². The van der Waals surface area contributed by atoms with Gasteiger partial charge in [-0.2, -0.15) is 5.10 Å². The summed E-state index contributed by atoms with van der Waals surface area (Å²) in [4.78, 5) is 25.0. The van der Waals surface area contributed by atoms with Crippen molar-refractivity contribution in [1.82, 2.24) is 9.78 Å². The topological polar surface area (TPSA) is 73.2 Å². The Kier molecular flexibility index (Phi) is 6.08. The molecule has 6 nitrogen and oxygen atoms in total. The number of fused-ring (bicyclic) bond motifs is 1. The number of hydrogen-bond donors (Lipinski definition) is 1. The van der Waals surface area contributed by atoms with Crippen molar-refractivity contribution in [2.24, 2.45) is 5.92 Å². The van der Waals surface area contributed by atoms with Crippen molar-refractivity contribution in [3.05, 3.63) is 45.7 Å². The summed E-state index contributed by atoms with van der Waals surface area (Å²) in [5.74, 6) is -0.693. The van der Waals surface area contributed by atoms with Crippen LogP contribution in [0.3, 0.4) is 0 Å². The van der Waals surface area contributed by atoms with Gasteiger partial charge in [0.1, 0.15) is 10.7 Å². The molecule has 0 fully saturated rings. The zero-order chi connectivity index (χ0) is 20.4. The Hall–Kier alpha value is -2.34. The van der Waals surface area contributed by atoms with E-state index in [2.05, 4.69) is 10.4 Å². The molecule has 1 heterocycles. The fourth-order valence-electron chi connectivity index (χ4n) is 3.42. The molecule has 1 aromatic carbocycles. The number of carbonyl (C=O) groups is 2. The van der Waals surface area contributed by atoms with Crippen LogP contribution in [-0.4, -0.2) is 27.8 Å². The van der Waals surface area contributed by atoms with E-state index in [1.54, 1.807) is 18.5 Å². The smallest absolute Gasteiger partial charge is 0.343 e. The van der Waals surface area contributed by atoms with E-state index in [1.807, 2.05) is 32.0 Å². The Labute approximate surface area is 170 Å². The van der Waals surface area contributed by atoms with Gasteiger partial charge in [0.05, 0.1) is 5.69 Å². The second-order valence-electron chi connectivity index (χ2n) is 7.70. The number of hydrogen-bond acceptors (Lipinski definition) is 4. The first-order chi connectivity index (χ1) is 13.3. The molecule has 0 saturated carbocycles. The number of nitrogens with one attached hydrogen (secondary N) is 1. The van der Waals surface area contributed by atoms with E-state index in [4.69, 9.17) is 16.3 Å². The van der Waals surface area contributed by atoms with Gasteiger partial charge in [0, 0.05) is 12.2 Å². The molecule has 1 amide bonds. The Balaban J connectivity index is 1.65. The highest BCUT2D eigenvalue weighted by Gasteiger charge is 2.26. The maximum atomic E-state index is 12.6. The molecule has 28 heavy (non-hydrogen) atoms. The van der Waals surface area contributed by atoms with Gasteiger partial charge >= 0.3 is 5.97 Å². The first kappa shape index (κ1) is 20.4. The van der Waals surface area contributed by atoms with Crippen LogP contribution in [-0.2, 0) is 28.9 Å². The van der Waals surface area contributed by atoms with Crippen LogP contribution in [0.25, 0.3) is 0 Å². The molecule has 1 atom stereocenters. The van der Waals surface area contributed by atoms with Gasteiger partial charge in [0.15, 0.2) is 6.10 Å². The average molecular weight is 404 g/mol. The summed E-state index contributed by atoms with van der Waals surface area (Å²) >= 11 is 6.31. The minimum atomic E-state index is -0.954. The third-order valence-electron chi connectivity index (χ3n) is 4.83. The summed E-state index contributed by atoms with van der Waals surface area (Å²) in [6.07, 6.45) is 2.31. The van der Waals surface area contributed by atoms with Crippen molar-refractivity contribution in [3.63, 3.8) is 0 Å². The molecule has 1 N–H and O–H groups in total. The summed E-state index contributed by atoms with van der Waals surface area (Å²) in [6.45, 7) is 7.92. The maximum absolute atomic E-state index is 12.6. The number of halogens is 1. The van der Waals surface area contributed by atoms with Crippen LogP contribution in [0.2, 0.25) is 5.15 Å². The zero-order valence-corrected chi connectivity index (χ0v) is 17.5. The van der Waals surface area contributed by atoms with E-state index in [1.165, 1.54) is 11.1 Å². The molecular formula is C21H26ClN3O3. The largest absolute Gasteiger partial charge is 0.449 e. The predicted octanol–water partition coefficient (Wildman–Crippen LogP) is 4.17. The van der Waals surface area contributed by atoms with Crippen molar-refractivity contribution < 1.29 is 14.3 Å². The van der Waals surface area contributed by atoms with E-state index in [9.17, 15) is 9.59 Å². The molecule has 1 aliphatic rings. The van der Waals surface area contributed by atoms with E-state index in [-0.39, 0.29) is 16.6 Å². The summed E-state index contributed by atoms with van der Waals surface area (Å²) < 4.78 is 6.94. The van der Waals surface area contributed by atoms with Crippen LogP contribution in [0.4, 0.5) is 5.69 Å². The molecule has 7 heteroatoms. The number of amides is 1. The molecule has 3 rings (SSSR count). The maximum Gasteiger partial charge on any atom is 0.343 e. The average Bonchev–Trinajstić information content (AvgIpc) is 3.18. The lowest BCUT2D eigenvalue weighted by Crippen LogP contribution is -2.30. The van der Waals surface area contributed by atoms with Gasteiger partial charge in [-0.1, -0.05) is 31.5 Å². The van der Waals surface area contributed by atoms with Gasteiger partial charge in [-0.25, -0.2) is 4.79 Å². The Morgan fingerprint density at radius 3 is 2.68 bits per heavy atom. The van der Waals surface area contributed by atoms with Crippen molar-refractivity contribution in [1.29, 1.82) is 0 Å². The fourth-order valence-corrected chi connectivity index (χ4v) is 3.74. The van der Waals surface area contributed by atoms with Gasteiger partial charge in [0.25, 0.3) is 5.91 Å². The van der Waals surface area contributed by atoms with Gasteiger partial charge in [0.2, 0.25) is 0 Å². The number of anilines is 1. The summed E-state index contributed by atoms with van der Waals surface area (Å²) in [7, 11) is 0. The molecule has 0 radical (unpaired) electrons. The summed E-state index contributed by atoms with van der Waals surface area (Å²) in [5, 5.41) is 7.37. The molecule has 0 aliphatic heterocycles. The molecule has 0 spiro atoms. The van der Waals surface area contributed by atoms with Crippen LogP contribution in [0.1, 0.15) is 54.4 Å².